The molecule has 0 radical (unpaired) electrons. The third-order valence-electron chi connectivity index (χ3n) is 3.90. The van der Waals surface area contributed by atoms with Crippen LogP contribution in [-0.4, -0.2) is 17.6 Å². The van der Waals surface area contributed by atoms with Crippen molar-refractivity contribution in [3.63, 3.8) is 0 Å². The van der Waals surface area contributed by atoms with Gasteiger partial charge in [-0.25, -0.2) is 0 Å². The SMILES string of the molecule is Cc1cc(NC(=O)C2CCC(CO)CC2)ccc1Br. The van der Waals surface area contributed by atoms with Gasteiger partial charge in [0.25, 0.3) is 0 Å². The van der Waals surface area contributed by atoms with E-state index in [0.717, 1.165) is 41.4 Å². The second kappa shape index (κ2) is 6.53. The molecule has 0 aromatic heterocycles. The maximum atomic E-state index is 12.2. The quantitative estimate of drug-likeness (QED) is 0.893. The lowest BCUT2D eigenvalue weighted by Gasteiger charge is -2.26. The number of carbonyl (C=O) groups is 1. The first-order valence-corrected chi connectivity index (χ1v) is 7.57. The lowest BCUT2D eigenvalue weighted by atomic mass is 9.82. The van der Waals surface area contributed by atoms with Crippen LogP contribution in [0.1, 0.15) is 31.2 Å². The molecule has 1 aromatic carbocycles. The number of halogens is 1. The van der Waals surface area contributed by atoms with Crippen LogP contribution >= 0.6 is 15.9 Å². The summed E-state index contributed by atoms with van der Waals surface area (Å²) in [5.41, 5.74) is 1.97. The minimum atomic E-state index is 0.0896. The Morgan fingerprint density at radius 2 is 2.05 bits per heavy atom. The standard InChI is InChI=1S/C15H20BrNO2/c1-10-8-13(6-7-14(10)16)17-15(19)12-4-2-11(9-18)3-5-12/h6-8,11-12,18H,2-5,9H2,1H3,(H,17,19). The molecule has 4 heteroatoms. The van der Waals surface area contributed by atoms with E-state index in [4.69, 9.17) is 5.11 Å². The van der Waals surface area contributed by atoms with E-state index in [1.165, 1.54) is 0 Å². The molecule has 0 aliphatic heterocycles. The van der Waals surface area contributed by atoms with Crippen LogP contribution in [0.25, 0.3) is 0 Å². The van der Waals surface area contributed by atoms with E-state index in [0.29, 0.717) is 5.92 Å². The minimum absolute atomic E-state index is 0.0896. The number of anilines is 1. The maximum absolute atomic E-state index is 12.2. The largest absolute Gasteiger partial charge is 0.396 e. The van der Waals surface area contributed by atoms with Crippen molar-refractivity contribution in [2.45, 2.75) is 32.6 Å². The molecule has 3 nitrogen and oxygen atoms in total. The molecule has 2 rings (SSSR count). The Bertz CT molecular complexity index is 453. The molecule has 19 heavy (non-hydrogen) atoms. The lowest BCUT2D eigenvalue weighted by molar-refractivity contribution is -0.121. The molecule has 1 saturated carbocycles. The summed E-state index contributed by atoms with van der Waals surface area (Å²) in [4.78, 5) is 12.2. The Labute approximate surface area is 122 Å². The van der Waals surface area contributed by atoms with Gasteiger partial charge in [-0.15, -0.1) is 0 Å². The van der Waals surface area contributed by atoms with Crippen LogP contribution in [0.15, 0.2) is 22.7 Å². The number of carbonyl (C=O) groups excluding carboxylic acids is 1. The zero-order valence-electron chi connectivity index (χ0n) is 11.2. The number of amides is 1. The number of aryl methyl sites for hydroxylation is 1. The number of benzene rings is 1. The minimum Gasteiger partial charge on any atom is -0.396 e. The predicted molar refractivity (Wildman–Crippen MR) is 80.0 cm³/mol. The molecule has 0 heterocycles. The molecule has 0 spiro atoms. The molecule has 0 atom stereocenters. The first-order valence-electron chi connectivity index (χ1n) is 6.78. The molecule has 1 amide bonds. The van der Waals surface area contributed by atoms with Gasteiger partial charge in [0.15, 0.2) is 0 Å². The number of hydrogen-bond donors (Lipinski definition) is 2. The van der Waals surface area contributed by atoms with Crippen LogP contribution in [0, 0.1) is 18.8 Å². The summed E-state index contributed by atoms with van der Waals surface area (Å²) in [5, 5.41) is 12.1. The Kier molecular flexibility index (Phi) is 4.99. The molecular weight excluding hydrogens is 306 g/mol. The van der Waals surface area contributed by atoms with Crippen LogP contribution in [0.2, 0.25) is 0 Å². The van der Waals surface area contributed by atoms with E-state index in [9.17, 15) is 4.79 Å². The highest BCUT2D eigenvalue weighted by Gasteiger charge is 2.25. The highest BCUT2D eigenvalue weighted by atomic mass is 79.9. The van der Waals surface area contributed by atoms with Crippen LogP contribution < -0.4 is 5.32 Å². The van der Waals surface area contributed by atoms with Crippen molar-refractivity contribution in [3.05, 3.63) is 28.2 Å². The zero-order valence-corrected chi connectivity index (χ0v) is 12.7. The number of rotatable bonds is 3. The summed E-state index contributed by atoms with van der Waals surface area (Å²) in [6.07, 6.45) is 3.67. The average Bonchev–Trinajstić information content (AvgIpc) is 2.43. The molecular formula is C15H20BrNO2. The van der Waals surface area contributed by atoms with Crippen LogP contribution in [0.4, 0.5) is 5.69 Å². The summed E-state index contributed by atoms with van der Waals surface area (Å²) in [5.74, 6) is 0.587. The maximum Gasteiger partial charge on any atom is 0.227 e. The fraction of sp³-hybridized carbons (Fsp3) is 0.533. The van der Waals surface area contributed by atoms with Gasteiger partial charge in [0.2, 0.25) is 5.91 Å². The molecule has 0 saturated heterocycles. The van der Waals surface area contributed by atoms with Crippen molar-refractivity contribution >= 4 is 27.5 Å². The molecule has 104 valence electrons. The third kappa shape index (κ3) is 3.80. The van der Waals surface area contributed by atoms with Crippen molar-refractivity contribution in [3.8, 4) is 0 Å². The lowest BCUT2D eigenvalue weighted by Crippen LogP contribution is -2.28. The van der Waals surface area contributed by atoms with Crippen LogP contribution in [0.3, 0.4) is 0 Å². The average molecular weight is 326 g/mol. The van der Waals surface area contributed by atoms with Crippen molar-refractivity contribution in [2.24, 2.45) is 11.8 Å². The Balaban J connectivity index is 1.92. The zero-order chi connectivity index (χ0) is 13.8. The Morgan fingerprint density at radius 3 is 2.63 bits per heavy atom. The van der Waals surface area contributed by atoms with Crippen molar-refractivity contribution in [2.75, 3.05) is 11.9 Å². The molecule has 1 aliphatic rings. The summed E-state index contributed by atoms with van der Waals surface area (Å²) < 4.78 is 1.05. The van der Waals surface area contributed by atoms with Crippen molar-refractivity contribution in [1.82, 2.24) is 0 Å². The molecule has 0 bridgehead atoms. The number of nitrogens with one attached hydrogen (secondary N) is 1. The number of hydrogen-bond acceptors (Lipinski definition) is 2. The summed E-state index contributed by atoms with van der Waals surface area (Å²) in [7, 11) is 0. The summed E-state index contributed by atoms with van der Waals surface area (Å²) in [6.45, 7) is 2.26. The molecule has 1 fully saturated rings. The summed E-state index contributed by atoms with van der Waals surface area (Å²) >= 11 is 3.45. The van der Waals surface area contributed by atoms with Gasteiger partial charge in [-0.3, -0.25) is 4.79 Å². The summed E-state index contributed by atoms with van der Waals surface area (Å²) in [6, 6.07) is 5.84. The van der Waals surface area contributed by atoms with Gasteiger partial charge < -0.3 is 10.4 Å². The van der Waals surface area contributed by atoms with E-state index in [1.807, 2.05) is 25.1 Å². The fourth-order valence-corrected chi connectivity index (χ4v) is 2.82. The van der Waals surface area contributed by atoms with Crippen LogP contribution in [0.5, 0.6) is 0 Å². The first-order chi connectivity index (χ1) is 9.10. The number of aliphatic hydroxyl groups excluding tert-OH is 1. The Morgan fingerprint density at radius 1 is 1.37 bits per heavy atom. The van der Waals surface area contributed by atoms with Gasteiger partial charge in [0.1, 0.15) is 0 Å². The van der Waals surface area contributed by atoms with Crippen molar-refractivity contribution < 1.29 is 9.90 Å². The molecule has 2 N–H and O–H groups in total. The van der Waals surface area contributed by atoms with Gasteiger partial charge in [-0.2, -0.15) is 0 Å². The van der Waals surface area contributed by atoms with E-state index in [1.54, 1.807) is 0 Å². The Hall–Kier alpha value is -0.870. The van der Waals surface area contributed by atoms with Gasteiger partial charge >= 0.3 is 0 Å². The van der Waals surface area contributed by atoms with Gasteiger partial charge in [0.05, 0.1) is 0 Å². The first kappa shape index (κ1) is 14.5. The monoisotopic (exact) mass is 325 g/mol. The van der Waals surface area contributed by atoms with Crippen molar-refractivity contribution in [1.29, 1.82) is 0 Å². The smallest absolute Gasteiger partial charge is 0.227 e. The second-order valence-corrected chi connectivity index (χ2v) is 6.21. The van der Waals surface area contributed by atoms with Gasteiger partial charge in [0, 0.05) is 22.7 Å². The fourth-order valence-electron chi connectivity index (χ4n) is 2.57. The van der Waals surface area contributed by atoms with E-state index >= 15 is 0 Å². The van der Waals surface area contributed by atoms with Gasteiger partial charge in [-0.1, -0.05) is 15.9 Å². The normalized spacial score (nSPS) is 23.1. The number of aliphatic hydroxyl groups is 1. The van der Waals surface area contributed by atoms with Crippen LogP contribution in [-0.2, 0) is 4.79 Å². The van der Waals surface area contributed by atoms with E-state index in [-0.39, 0.29) is 18.4 Å². The predicted octanol–water partition coefficient (Wildman–Crippen LogP) is 3.49. The topological polar surface area (TPSA) is 49.3 Å². The highest BCUT2D eigenvalue weighted by Crippen LogP contribution is 2.29. The van der Waals surface area contributed by atoms with E-state index < -0.39 is 0 Å². The molecule has 1 aliphatic carbocycles. The van der Waals surface area contributed by atoms with Gasteiger partial charge in [-0.05, 0) is 62.3 Å². The molecule has 1 aromatic rings. The van der Waals surface area contributed by atoms with E-state index in [2.05, 4.69) is 21.2 Å². The molecule has 0 unspecified atom stereocenters. The second-order valence-electron chi connectivity index (χ2n) is 5.35. The highest BCUT2D eigenvalue weighted by molar-refractivity contribution is 9.10. The third-order valence-corrected chi connectivity index (χ3v) is 4.79.